The molecule has 5 nitrogen and oxygen atoms in total. The van der Waals surface area contributed by atoms with E-state index in [0.29, 0.717) is 18.0 Å². The minimum absolute atomic E-state index is 0.0830. The maximum Gasteiger partial charge on any atom is 0.259 e. The quantitative estimate of drug-likeness (QED) is 0.928. The van der Waals surface area contributed by atoms with Crippen LogP contribution in [-0.4, -0.2) is 32.6 Å². The molecule has 0 radical (unpaired) electrons. The third-order valence-corrected chi connectivity index (χ3v) is 5.30. The standard InChI is InChI=1S/C20H27N3O2/c1-4-23-15(3)12-17(24)18(20(23)25)19(16-6-5-9-21-13-16)22-10-7-14(2)8-11-22/h5-6,9,12-14,19,24H,4,7-8,10-11H2,1-3H3/t19-/m0/s1. The molecule has 25 heavy (non-hydrogen) atoms. The second kappa shape index (κ2) is 7.40. The van der Waals surface area contributed by atoms with E-state index in [1.54, 1.807) is 23.0 Å². The van der Waals surface area contributed by atoms with Gasteiger partial charge in [0.25, 0.3) is 5.56 Å². The van der Waals surface area contributed by atoms with Gasteiger partial charge in [-0.25, -0.2) is 0 Å². The molecule has 1 aliphatic rings. The van der Waals surface area contributed by atoms with Gasteiger partial charge in [0.15, 0.2) is 0 Å². The molecule has 0 unspecified atom stereocenters. The molecule has 2 aromatic heterocycles. The highest BCUT2D eigenvalue weighted by Gasteiger charge is 2.31. The van der Waals surface area contributed by atoms with Crippen LogP contribution in [0.5, 0.6) is 5.75 Å². The molecular weight excluding hydrogens is 314 g/mol. The maximum absolute atomic E-state index is 13.1. The summed E-state index contributed by atoms with van der Waals surface area (Å²) in [4.78, 5) is 19.7. The van der Waals surface area contributed by atoms with E-state index in [4.69, 9.17) is 0 Å². The van der Waals surface area contributed by atoms with Gasteiger partial charge in [-0.15, -0.1) is 0 Å². The van der Waals surface area contributed by atoms with Gasteiger partial charge in [-0.2, -0.15) is 0 Å². The van der Waals surface area contributed by atoms with E-state index in [-0.39, 0.29) is 17.4 Å². The molecule has 1 saturated heterocycles. The Hall–Kier alpha value is -2.14. The minimum Gasteiger partial charge on any atom is -0.507 e. The van der Waals surface area contributed by atoms with Crippen LogP contribution in [0.1, 0.15) is 49.6 Å². The van der Waals surface area contributed by atoms with Gasteiger partial charge in [0, 0.05) is 24.6 Å². The Morgan fingerprint density at radius 1 is 1.36 bits per heavy atom. The topological polar surface area (TPSA) is 58.4 Å². The molecule has 2 aromatic rings. The Balaban J connectivity index is 2.14. The predicted molar refractivity (Wildman–Crippen MR) is 98.8 cm³/mol. The van der Waals surface area contributed by atoms with Crippen LogP contribution in [-0.2, 0) is 6.54 Å². The summed E-state index contributed by atoms with van der Waals surface area (Å²) in [5, 5.41) is 10.6. The van der Waals surface area contributed by atoms with Gasteiger partial charge in [-0.05, 0) is 63.4 Å². The number of hydrogen-bond donors (Lipinski definition) is 1. The lowest BCUT2D eigenvalue weighted by atomic mass is 9.92. The molecule has 134 valence electrons. The van der Waals surface area contributed by atoms with Gasteiger partial charge in [-0.1, -0.05) is 13.0 Å². The summed E-state index contributed by atoms with van der Waals surface area (Å²) in [6, 6.07) is 5.33. The Bertz CT molecular complexity index is 778. The average Bonchev–Trinajstić information content (AvgIpc) is 2.60. The van der Waals surface area contributed by atoms with Gasteiger partial charge in [0.1, 0.15) is 5.75 Å². The maximum atomic E-state index is 13.1. The van der Waals surface area contributed by atoms with Crippen molar-refractivity contribution in [1.82, 2.24) is 14.5 Å². The summed E-state index contributed by atoms with van der Waals surface area (Å²) in [6.45, 7) is 8.50. The molecule has 5 heteroatoms. The molecule has 0 amide bonds. The SMILES string of the molecule is CCn1c(C)cc(O)c([C@H](c2cccnc2)N2CCC(C)CC2)c1=O. The average molecular weight is 341 g/mol. The molecule has 1 atom stereocenters. The molecule has 0 bridgehead atoms. The second-order valence-corrected chi connectivity index (χ2v) is 7.04. The largest absolute Gasteiger partial charge is 0.507 e. The molecule has 0 aliphatic carbocycles. The Morgan fingerprint density at radius 3 is 2.68 bits per heavy atom. The number of likely N-dealkylation sites (tertiary alicyclic amines) is 1. The zero-order valence-electron chi connectivity index (χ0n) is 15.3. The summed E-state index contributed by atoms with van der Waals surface area (Å²) in [7, 11) is 0. The van der Waals surface area contributed by atoms with E-state index in [1.807, 2.05) is 26.0 Å². The van der Waals surface area contributed by atoms with E-state index < -0.39 is 0 Å². The molecular formula is C20H27N3O2. The van der Waals surface area contributed by atoms with Crippen LogP contribution in [0.3, 0.4) is 0 Å². The third kappa shape index (κ3) is 3.47. The van der Waals surface area contributed by atoms with Crippen LogP contribution in [0.2, 0.25) is 0 Å². The van der Waals surface area contributed by atoms with E-state index in [1.165, 1.54) is 0 Å². The summed E-state index contributed by atoms with van der Waals surface area (Å²) >= 11 is 0. The van der Waals surface area contributed by atoms with Crippen molar-refractivity contribution in [2.24, 2.45) is 5.92 Å². The van der Waals surface area contributed by atoms with Crippen LogP contribution in [0.15, 0.2) is 35.4 Å². The highest BCUT2D eigenvalue weighted by Crippen LogP contribution is 2.34. The van der Waals surface area contributed by atoms with Crippen LogP contribution in [0, 0.1) is 12.8 Å². The van der Waals surface area contributed by atoms with E-state index >= 15 is 0 Å². The van der Waals surface area contributed by atoms with Gasteiger partial charge >= 0.3 is 0 Å². The highest BCUT2D eigenvalue weighted by atomic mass is 16.3. The fourth-order valence-electron chi connectivity index (χ4n) is 3.80. The Morgan fingerprint density at radius 2 is 2.08 bits per heavy atom. The number of pyridine rings is 2. The van der Waals surface area contributed by atoms with Crippen molar-refractivity contribution in [1.29, 1.82) is 0 Å². The van der Waals surface area contributed by atoms with Crippen LogP contribution in [0.25, 0.3) is 0 Å². The molecule has 3 rings (SSSR count). The van der Waals surface area contributed by atoms with Crippen molar-refractivity contribution in [3.8, 4) is 5.75 Å². The molecule has 1 fully saturated rings. The number of hydrogen-bond acceptors (Lipinski definition) is 4. The first-order chi connectivity index (χ1) is 12.0. The first kappa shape index (κ1) is 17.7. The number of aromatic hydroxyl groups is 1. The summed E-state index contributed by atoms with van der Waals surface area (Å²) in [5.74, 6) is 0.782. The first-order valence-electron chi connectivity index (χ1n) is 9.10. The first-order valence-corrected chi connectivity index (χ1v) is 9.10. The number of nitrogens with zero attached hydrogens (tertiary/aromatic N) is 3. The van der Waals surface area contributed by atoms with Crippen molar-refractivity contribution in [2.45, 2.75) is 46.2 Å². The molecule has 0 spiro atoms. The zero-order chi connectivity index (χ0) is 18.0. The van der Waals surface area contributed by atoms with Crippen molar-refractivity contribution in [3.63, 3.8) is 0 Å². The van der Waals surface area contributed by atoms with Gasteiger partial charge in [0.05, 0.1) is 11.6 Å². The lowest BCUT2D eigenvalue weighted by Gasteiger charge is -2.37. The van der Waals surface area contributed by atoms with Crippen LogP contribution in [0.4, 0.5) is 0 Å². The fourth-order valence-corrected chi connectivity index (χ4v) is 3.80. The van der Waals surface area contributed by atoms with Crippen LogP contribution < -0.4 is 5.56 Å². The predicted octanol–water partition coefficient (Wildman–Crippen LogP) is 3.10. The van der Waals surface area contributed by atoms with E-state index in [0.717, 1.165) is 37.2 Å². The smallest absolute Gasteiger partial charge is 0.259 e. The van der Waals surface area contributed by atoms with E-state index in [9.17, 15) is 9.90 Å². The second-order valence-electron chi connectivity index (χ2n) is 7.04. The number of piperidine rings is 1. The highest BCUT2D eigenvalue weighted by molar-refractivity contribution is 5.40. The summed E-state index contributed by atoms with van der Waals surface area (Å²) in [6.07, 6.45) is 5.74. The van der Waals surface area contributed by atoms with Crippen molar-refractivity contribution < 1.29 is 5.11 Å². The fraction of sp³-hybridized carbons (Fsp3) is 0.500. The normalized spacial score (nSPS) is 17.6. The Kier molecular flexibility index (Phi) is 5.23. The monoisotopic (exact) mass is 341 g/mol. The number of rotatable bonds is 4. The molecule has 3 heterocycles. The number of aryl methyl sites for hydroxylation is 1. The zero-order valence-corrected chi connectivity index (χ0v) is 15.3. The third-order valence-electron chi connectivity index (χ3n) is 5.30. The van der Waals surface area contributed by atoms with Crippen molar-refractivity contribution in [3.05, 3.63) is 57.8 Å². The molecule has 1 aliphatic heterocycles. The summed E-state index contributed by atoms with van der Waals surface area (Å²) in [5.41, 5.74) is 2.10. The molecule has 0 aromatic carbocycles. The molecule has 1 N–H and O–H groups in total. The van der Waals surface area contributed by atoms with Gasteiger partial charge in [0.2, 0.25) is 0 Å². The lowest BCUT2D eigenvalue weighted by Crippen LogP contribution is -2.40. The lowest BCUT2D eigenvalue weighted by molar-refractivity contribution is 0.154. The van der Waals surface area contributed by atoms with Gasteiger partial charge < -0.3 is 9.67 Å². The Labute approximate surface area is 148 Å². The molecule has 0 saturated carbocycles. The van der Waals surface area contributed by atoms with Crippen molar-refractivity contribution in [2.75, 3.05) is 13.1 Å². The summed E-state index contributed by atoms with van der Waals surface area (Å²) < 4.78 is 1.73. The van der Waals surface area contributed by atoms with Gasteiger partial charge in [-0.3, -0.25) is 14.7 Å². The van der Waals surface area contributed by atoms with E-state index in [2.05, 4.69) is 16.8 Å². The van der Waals surface area contributed by atoms with Crippen LogP contribution >= 0.6 is 0 Å². The van der Waals surface area contributed by atoms with Crippen molar-refractivity contribution >= 4 is 0 Å². The minimum atomic E-state index is -0.257. The number of aromatic nitrogens is 2.